The molecule has 1 unspecified atom stereocenters. The molecule has 3 nitrogen and oxygen atoms in total. The highest BCUT2D eigenvalue weighted by Crippen LogP contribution is 2.56. The van der Waals surface area contributed by atoms with E-state index >= 15 is 0 Å². The van der Waals surface area contributed by atoms with Crippen LogP contribution in [-0.4, -0.2) is 9.97 Å². The summed E-state index contributed by atoms with van der Waals surface area (Å²) in [6.45, 7) is 4.68. The van der Waals surface area contributed by atoms with Crippen molar-refractivity contribution < 1.29 is 4.42 Å². The number of nitrogens with zero attached hydrogens (tertiary/aromatic N) is 2. The highest BCUT2D eigenvalue weighted by atomic mass is 32.1. The van der Waals surface area contributed by atoms with Gasteiger partial charge in [-0.3, -0.25) is 0 Å². The average Bonchev–Trinajstić information content (AvgIpc) is 3.83. The predicted octanol–water partition coefficient (Wildman–Crippen LogP) is 13.2. The zero-order valence-electron chi connectivity index (χ0n) is 28.0. The minimum atomic E-state index is 0.0552. The minimum Gasteiger partial charge on any atom is -0.452 e. The number of hydrogen-bond acceptors (Lipinski definition) is 4. The Morgan fingerprint density at radius 2 is 1.36 bits per heavy atom. The summed E-state index contributed by atoms with van der Waals surface area (Å²) in [5.41, 5.74) is 13.6. The summed E-state index contributed by atoms with van der Waals surface area (Å²) < 4.78 is 8.94. The second-order valence-electron chi connectivity index (χ2n) is 13.5. The number of benzene rings is 6. The lowest BCUT2D eigenvalue weighted by molar-refractivity contribution is 0.461. The van der Waals surface area contributed by atoms with Crippen molar-refractivity contribution in [2.45, 2.75) is 38.5 Å². The number of rotatable bonds is 6. The van der Waals surface area contributed by atoms with Gasteiger partial charge in [0.1, 0.15) is 16.8 Å². The van der Waals surface area contributed by atoms with Crippen LogP contribution in [0, 0.1) is 0 Å². The number of hydrogen-bond donors (Lipinski definition) is 0. The molecule has 9 aromatic rings. The van der Waals surface area contributed by atoms with E-state index in [2.05, 4.69) is 111 Å². The van der Waals surface area contributed by atoms with Crippen molar-refractivity contribution in [2.75, 3.05) is 0 Å². The fourth-order valence-corrected chi connectivity index (χ4v) is 9.86. The molecule has 0 radical (unpaired) electrons. The van der Waals surface area contributed by atoms with E-state index in [9.17, 15) is 0 Å². The van der Waals surface area contributed by atoms with Crippen molar-refractivity contribution in [1.29, 1.82) is 0 Å². The molecule has 6 aromatic carbocycles. The molecule has 1 aliphatic carbocycles. The number of aromatic nitrogens is 2. The fraction of sp³-hybridized carbons (Fsp3) is 0.130. The molecular formula is C46H34N2OS. The third kappa shape index (κ3) is 4.15. The van der Waals surface area contributed by atoms with Gasteiger partial charge in [-0.1, -0.05) is 123 Å². The van der Waals surface area contributed by atoms with Gasteiger partial charge in [0.2, 0.25) is 0 Å². The van der Waals surface area contributed by atoms with Gasteiger partial charge in [0, 0.05) is 47.7 Å². The van der Waals surface area contributed by atoms with Crippen LogP contribution in [0.15, 0.2) is 138 Å². The Kier molecular flexibility index (Phi) is 6.59. The summed E-state index contributed by atoms with van der Waals surface area (Å²) in [6.07, 6.45) is 3.40. The van der Waals surface area contributed by atoms with E-state index in [1.807, 2.05) is 47.7 Å². The van der Waals surface area contributed by atoms with Gasteiger partial charge in [-0.15, -0.1) is 11.3 Å². The second kappa shape index (κ2) is 11.2. The van der Waals surface area contributed by atoms with Gasteiger partial charge in [-0.05, 0) is 71.0 Å². The van der Waals surface area contributed by atoms with Gasteiger partial charge in [-0.2, -0.15) is 0 Å². The van der Waals surface area contributed by atoms with Gasteiger partial charge in [-0.25, -0.2) is 9.97 Å². The Morgan fingerprint density at radius 1 is 0.620 bits per heavy atom. The summed E-state index contributed by atoms with van der Waals surface area (Å²) in [6, 6.07) is 48.0. The quantitative estimate of drug-likeness (QED) is 0.178. The van der Waals surface area contributed by atoms with Crippen molar-refractivity contribution in [3.63, 3.8) is 0 Å². The standard InChI is InChI=1S/C46H34N2OS/c1-3-26-46(4-2)36-21-10-8-16-33(36)40-30(18-13-22-37(40)46)31-19-12-20-32-35-27-29(24-25-39(35)50-44(31)32)45-47-41(28-14-6-5-7-15-28)43-42(48-45)34-17-9-11-23-38(34)49-43/h5-25,27H,3-4,26H2,1-2H3. The Bertz CT molecular complexity index is 2770. The summed E-state index contributed by atoms with van der Waals surface area (Å²) in [4.78, 5) is 10.3. The van der Waals surface area contributed by atoms with Gasteiger partial charge < -0.3 is 4.42 Å². The zero-order valence-corrected chi connectivity index (χ0v) is 28.9. The third-order valence-corrected chi connectivity index (χ3v) is 12.1. The summed E-state index contributed by atoms with van der Waals surface area (Å²) in [7, 11) is 0. The van der Waals surface area contributed by atoms with Gasteiger partial charge in [0.25, 0.3) is 0 Å². The Morgan fingerprint density at radius 3 is 2.24 bits per heavy atom. The van der Waals surface area contributed by atoms with Crippen LogP contribution in [0.3, 0.4) is 0 Å². The molecule has 4 heteroatoms. The van der Waals surface area contributed by atoms with Crippen LogP contribution in [0.1, 0.15) is 44.2 Å². The Labute approximate surface area is 294 Å². The highest BCUT2D eigenvalue weighted by molar-refractivity contribution is 7.26. The lowest BCUT2D eigenvalue weighted by Gasteiger charge is -2.31. The molecule has 0 N–H and O–H groups in total. The fourth-order valence-electron chi connectivity index (χ4n) is 8.64. The highest BCUT2D eigenvalue weighted by Gasteiger charge is 2.42. The summed E-state index contributed by atoms with van der Waals surface area (Å²) in [5, 5.41) is 3.49. The largest absolute Gasteiger partial charge is 0.452 e. The van der Waals surface area contributed by atoms with Crippen molar-refractivity contribution in [3.05, 3.63) is 145 Å². The maximum Gasteiger partial charge on any atom is 0.180 e. The Hall–Kier alpha value is -5.58. The predicted molar refractivity (Wildman–Crippen MR) is 210 cm³/mol. The normalized spacial score (nSPS) is 15.3. The molecule has 3 heterocycles. The van der Waals surface area contributed by atoms with Crippen LogP contribution in [0.25, 0.3) is 87.1 Å². The minimum absolute atomic E-state index is 0.0552. The van der Waals surface area contributed by atoms with Gasteiger partial charge in [0.05, 0.1) is 0 Å². The number of fused-ring (bicyclic) bond motifs is 9. The van der Waals surface area contributed by atoms with Crippen LogP contribution in [0.4, 0.5) is 0 Å². The van der Waals surface area contributed by atoms with E-state index in [0.717, 1.165) is 58.2 Å². The summed E-state index contributed by atoms with van der Waals surface area (Å²) in [5.74, 6) is 0.699. The van der Waals surface area contributed by atoms with Crippen LogP contribution in [0.2, 0.25) is 0 Å². The van der Waals surface area contributed by atoms with E-state index < -0.39 is 0 Å². The first kappa shape index (κ1) is 29.3. The molecule has 0 spiro atoms. The molecule has 0 bridgehead atoms. The van der Waals surface area contributed by atoms with Crippen molar-refractivity contribution in [2.24, 2.45) is 0 Å². The van der Waals surface area contributed by atoms with Crippen molar-refractivity contribution in [3.8, 4) is 44.9 Å². The lowest BCUT2D eigenvalue weighted by Crippen LogP contribution is -2.23. The van der Waals surface area contributed by atoms with E-state index in [4.69, 9.17) is 14.4 Å². The van der Waals surface area contributed by atoms with Gasteiger partial charge in [0.15, 0.2) is 11.4 Å². The van der Waals surface area contributed by atoms with E-state index in [1.165, 1.54) is 53.6 Å². The molecule has 10 rings (SSSR count). The van der Waals surface area contributed by atoms with Crippen LogP contribution in [-0.2, 0) is 5.41 Å². The molecule has 1 atom stereocenters. The number of thiophene rings is 1. The smallest absolute Gasteiger partial charge is 0.180 e. The van der Waals surface area contributed by atoms with Gasteiger partial charge >= 0.3 is 0 Å². The van der Waals surface area contributed by atoms with Crippen LogP contribution < -0.4 is 0 Å². The first-order valence-corrected chi connectivity index (χ1v) is 18.4. The SMILES string of the molecule is CCCC1(CC)c2ccccc2-c2c(-c3cccc4c3sc3ccc(-c5nc(-c6ccccc6)c6oc7ccccc7c6n5)cc34)cccc21. The molecular weight excluding hydrogens is 629 g/mol. The first-order chi connectivity index (χ1) is 24.7. The molecule has 0 fully saturated rings. The molecule has 1 aliphatic rings. The average molecular weight is 663 g/mol. The maximum atomic E-state index is 6.36. The third-order valence-electron chi connectivity index (χ3n) is 10.9. The molecule has 0 saturated carbocycles. The Balaban J connectivity index is 1.17. The second-order valence-corrected chi connectivity index (χ2v) is 14.5. The van der Waals surface area contributed by atoms with Crippen LogP contribution in [0.5, 0.6) is 0 Å². The van der Waals surface area contributed by atoms with Crippen molar-refractivity contribution in [1.82, 2.24) is 9.97 Å². The number of para-hydroxylation sites is 1. The molecule has 0 aliphatic heterocycles. The van der Waals surface area contributed by atoms with E-state index in [1.54, 1.807) is 0 Å². The molecule has 0 amide bonds. The number of furan rings is 1. The topological polar surface area (TPSA) is 38.9 Å². The van der Waals surface area contributed by atoms with Crippen LogP contribution >= 0.6 is 11.3 Å². The monoisotopic (exact) mass is 662 g/mol. The summed E-state index contributed by atoms with van der Waals surface area (Å²) >= 11 is 1.88. The van der Waals surface area contributed by atoms with Crippen molar-refractivity contribution >= 4 is 53.6 Å². The molecule has 0 saturated heterocycles. The zero-order chi connectivity index (χ0) is 33.4. The first-order valence-electron chi connectivity index (χ1n) is 17.6. The molecule has 3 aromatic heterocycles. The van der Waals surface area contributed by atoms with E-state index in [-0.39, 0.29) is 5.41 Å². The molecule has 50 heavy (non-hydrogen) atoms. The lowest BCUT2D eigenvalue weighted by atomic mass is 9.72. The molecule has 240 valence electrons. The van der Waals surface area contributed by atoms with E-state index in [0.29, 0.717) is 5.82 Å². The maximum absolute atomic E-state index is 6.36.